The van der Waals surface area contributed by atoms with Gasteiger partial charge in [-0.25, -0.2) is 8.42 Å². The summed E-state index contributed by atoms with van der Waals surface area (Å²) >= 11 is 0. The second kappa shape index (κ2) is 10.5. The normalized spacial score (nSPS) is 17.5. The zero-order valence-electron chi connectivity index (χ0n) is 18.0. The molecule has 0 aromatic heterocycles. The topological polar surface area (TPSA) is 72.9 Å². The zero-order valence-corrected chi connectivity index (χ0v) is 18.8. The zero-order chi connectivity index (χ0) is 22.3. The fourth-order valence-electron chi connectivity index (χ4n) is 3.63. The summed E-state index contributed by atoms with van der Waals surface area (Å²) in [4.78, 5) is 14.3. The molecule has 166 valence electrons. The molecule has 1 amide bonds. The summed E-state index contributed by atoms with van der Waals surface area (Å²) in [6.07, 6.45) is 3.71. The van der Waals surface area contributed by atoms with Gasteiger partial charge in [-0.05, 0) is 49.6 Å². The monoisotopic (exact) mass is 443 g/mol. The lowest BCUT2D eigenvalue weighted by molar-refractivity contribution is -0.127. The highest BCUT2D eigenvalue weighted by molar-refractivity contribution is 7.91. The van der Waals surface area contributed by atoms with Crippen molar-refractivity contribution in [2.45, 2.75) is 32.9 Å². The molecule has 1 unspecified atom stereocenters. The number of ether oxygens (including phenoxy) is 2. The van der Waals surface area contributed by atoms with Crippen molar-refractivity contribution >= 4 is 21.8 Å². The van der Waals surface area contributed by atoms with Gasteiger partial charge < -0.3 is 14.4 Å². The van der Waals surface area contributed by atoms with Crippen LogP contribution in [0.2, 0.25) is 0 Å². The van der Waals surface area contributed by atoms with Crippen LogP contribution in [0.3, 0.4) is 0 Å². The molecule has 3 rings (SSSR count). The van der Waals surface area contributed by atoms with Crippen LogP contribution in [0, 0.1) is 0 Å². The Balaban J connectivity index is 1.69. The first kappa shape index (κ1) is 22.9. The number of amides is 1. The Morgan fingerprint density at radius 3 is 2.52 bits per heavy atom. The van der Waals surface area contributed by atoms with Crippen LogP contribution in [-0.2, 0) is 21.2 Å². The Hall–Kier alpha value is -2.80. The molecule has 1 aliphatic rings. The third-order valence-electron chi connectivity index (χ3n) is 5.20. The fraction of sp³-hybridized carbons (Fsp3) is 0.375. The molecular formula is C24H29NO5S. The highest BCUT2D eigenvalue weighted by Gasteiger charge is 2.33. The van der Waals surface area contributed by atoms with Crippen LogP contribution in [0.15, 0.2) is 54.6 Å². The second-order valence-corrected chi connectivity index (χ2v) is 9.66. The van der Waals surface area contributed by atoms with E-state index in [1.54, 1.807) is 11.0 Å². The van der Waals surface area contributed by atoms with Crippen LogP contribution in [0.4, 0.5) is 0 Å². The second-order valence-electron chi connectivity index (χ2n) is 7.43. The van der Waals surface area contributed by atoms with E-state index in [1.165, 1.54) is 6.08 Å². The van der Waals surface area contributed by atoms with Gasteiger partial charge in [0.05, 0.1) is 18.1 Å². The number of carbonyl (C=O) groups is 1. The molecule has 0 N–H and O–H groups in total. The number of nitrogens with zero attached hydrogens (tertiary/aromatic N) is 1. The van der Waals surface area contributed by atoms with Gasteiger partial charge in [0.2, 0.25) is 5.91 Å². The van der Waals surface area contributed by atoms with E-state index >= 15 is 0 Å². The van der Waals surface area contributed by atoms with Gasteiger partial charge in [0.15, 0.2) is 21.3 Å². The van der Waals surface area contributed by atoms with Gasteiger partial charge in [-0.15, -0.1) is 0 Å². The minimum atomic E-state index is -3.04. The van der Waals surface area contributed by atoms with Crippen molar-refractivity contribution in [3.8, 4) is 11.5 Å². The van der Waals surface area contributed by atoms with Crippen LogP contribution in [0.5, 0.6) is 11.5 Å². The van der Waals surface area contributed by atoms with E-state index in [9.17, 15) is 13.2 Å². The minimum Gasteiger partial charge on any atom is -0.490 e. The van der Waals surface area contributed by atoms with Gasteiger partial charge in [-0.2, -0.15) is 0 Å². The molecule has 1 aliphatic heterocycles. The van der Waals surface area contributed by atoms with Gasteiger partial charge in [0, 0.05) is 18.7 Å². The highest BCUT2D eigenvalue weighted by atomic mass is 32.2. The van der Waals surface area contributed by atoms with Crippen molar-refractivity contribution in [3.63, 3.8) is 0 Å². The van der Waals surface area contributed by atoms with Gasteiger partial charge in [-0.3, -0.25) is 4.79 Å². The molecule has 31 heavy (non-hydrogen) atoms. The standard InChI is InChI=1S/C24H29NO5S/c1-3-25(21-14-15-31(27,28)18-21)24(26)13-11-19-10-12-22(23(16-19)29-4-2)30-17-20-8-6-5-7-9-20/h5-13,16,21H,3-4,14-15,17-18H2,1-2H3. The SMILES string of the molecule is CCOc1cc(C=CC(=O)N(CC)C2CCS(=O)(=O)C2)ccc1OCc1ccccc1. The predicted octanol–water partition coefficient (Wildman–Crippen LogP) is 3.71. The van der Waals surface area contributed by atoms with E-state index in [0.29, 0.717) is 37.7 Å². The summed E-state index contributed by atoms with van der Waals surface area (Å²) in [6.45, 7) is 5.17. The summed E-state index contributed by atoms with van der Waals surface area (Å²) in [5, 5.41) is 0. The fourth-order valence-corrected chi connectivity index (χ4v) is 5.36. The molecule has 2 aromatic carbocycles. The van der Waals surface area contributed by atoms with Crippen molar-refractivity contribution in [1.82, 2.24) is 4.90 Å². The number of rotatable bonds is 9. The molecule has 1 fully saturated rings. The van der Waals surface area contributed by atoms with Crippen molar-refractivity contribution in [1.29, 1.82) is 0 Å². The van der Waals surface area contributed by atoms with Crippen LogP contribution in [0.1, 0.15) is 31.4 Å². The Bertz CT molecular complexity index is 1020. The van der Waals surface area contributed by atoms with Crippen LogP contribution >= 0.6 is 0 Å². The lowest BCUT2D eigenvalue weighted by Crippen LogP contribution is -2.40. The van der Waals surface area contributed by atoms with E-state index in [-0.39, 0.29) is 23.5 Å². The Kier molecular flexibility index (Phi) is 7.74. The van der Waals surface area contributed by atoms with Crippen LogP contribution < -0.4 is 9.47 Å². The van der Waals surface area contributed by atoms with E-state index in [1.807, 2.05) is 62.4 Å². The molecule has 0 saturated carbocycles. The quantitative estimate of drug-likeness (QED) is 0.553. The maximum absolute atomic E-state index is 12.7. The van der Waals surface area contributed by atoms with E-state index in [2.05, 4.69) is 0 Å². The van der Waals surface area contributed by atoms with E-state index < -0.39 is 9.84 Å². The van der Waals surface area contributed by atoms with Crippen molar-refractivity contribution in [2.24, 2.45) is 0 Å². The van der Waals surface area contributed by atoms with Gasteiger partial charge in [0.25, 0.3) is 0 Å². The number of likely N-dealkylation sites (N-methyl/N-ethyl adjacent to an activating group) is 1. The van der Waals surface area contributed by atoms with Crippen LogP contribution in [0.25, 0.3) is 6.08 Å². The first-order valence-electron chi connectivity index (χ1n) is 10.5. The predicted molar refractivity (Wildman–Crippen MR) is 122 cm³/mol. The Labute approximate surface area is 184 Å². The van der Waals surface area contributed by atoms with Crippen LogP contribution in [-0.4, -0.2) is 49.9 Å². The molecule has 1 heterocycles. The smallest absolute Gasteiger partial charge is 0.246 e. The summed E-state index contributed by atoms with van der Waals surface area (Å²) in [7, 11) is -3.04. The third-order valence-corrected chi connectivity index (χ3v) is 6.95. The molecule has 6 nitrogen and oxygen atoms in total. The van der Waals surface area contributed by atoms with Gasteiger partial charge in [0.1, 0.15) is 6.61 Å². The summed E-state index contributed by atoms with van der Waals surface area (Å²) < 4.78 is 35.2. The Morgan fingerprint density at radius 1 is 1.10 bits per heavy atom. The molecular weight excluding hydrogens is 414 g/mol. The average Bonchev–Trinajstić information content (AvgIpc) is 3.12. The molecule has 0 spiro atoms. The molecule has 7 heteroatoms. The first-order valence-corrected chi connectivity index (χ1v) is 12.4. The maximum atomic E-state index is 12.7. The summed E-state index contributed by atoms with van der Waals surface area (Å²) in [5.74, 6) is 1.25. The number of hydrogen-bond acceptors (Lipinski definition) is 5. The third kappa shape index (κ3) is 6.34. The van der Waals surface area contributed by atoms with Gasteiger partial charge in [-0.1, -0.05) is 36.4 Å². The molecule has 1 saturated heterocycles. The number of carbonyl (C=O) groups excluding carboxylic acids is 1. The molecule has 0 bridgehead atoms. The van der Waals surface area contributed by atoms with E-state index in [4.69, 9.17) is 9.47 Å². The summed E-state index contributed by atoms with van der Waals surface area (Å²) in [5.41, 5.74) is 1.87. The van der Waals surface area contributed by atoms with E-state index in [0.717, 1.165) is 11.1 Å². The minimum absolute atomic E-state index is 0.0440. The van der Waals surface area contributed by atoms with Crippen molar-refractivity contribution in [3.05, 3.63) is 65.7 Å². The first-order chi connectivity index (χ1) is 14.9. The highest BCUT2D eigenvalue weighted by Crippen LogP contribution is 2.30. The summed E-state index contributed by atoms with van der Waals surface area (Å²) in [6, 6.07) is 15.2. The number of hydrogen-bond donors (Lipinski definition) is 0. The van der Waals surface area contributed by atoms with Crippen molar-refractivity contribution < 1.29 is 22.7 Å². The molecule has 0 radical (unpaired) electrons. The lowest BCUT2D eigenvalue weighted by Gasteiger charge is -2.25. The van der Waals surface area contributed by atoms with Gasteiger partial charge >= 0.3 is 0 Å². The maximum Gasteiger partial charge on any atom is 0.246 e. The molecule has 0 aliphatic carbocycles. The largest absolute Gasteiger partial charge is 0.490 e. The lowest BCUT2D eigenvalue weighted by atomic mass is 10.1. The number of sulfone groups is 1. The molecule has 2 aromatic rings. The Morgan fingerprint density at radius 2 is 1.87 bits per heavy atom. The number of benzene rings is 2. The molecule has 1 atom stereocenters. The average molecular weight is 444 g/mol. The van der Waals surface area contributed by atoms with Crippen molar-refractivity contribution in [2.75, 3.05) is 24.7 Å².